The number of rotatable bonds is 4. The van der Waals surface area contributed by atoms with E-state index in [0.717, 1.165) is 25.9 Å². The van der Waals surface area contributed by atoms with E-state index in [4.69, 9.17) is 27.3 Å². The first kappa shape index (κ1) is 27.0. The second kappa shape index (κ2) is 11.2. The van der Waals surface area contributed by atoms with Gasteiger partial charge < -0.3 is 20.5 Å². The smallest absolute Gasteiger partial charge is 0.160 e. The van der Waals surface area contributed by atoms with Gasteiger partial charge in [0.15, 0.2) is 11.5 Å². The van der Waals surface area contributed by atoms with Gasteiger partial charge in [-0.2, -0.15) is 32.3 Å². The molecule has 2 fully saturated rings. The highest BCUT2D eigenvalue weighted by Gasteiger charge is 2.47. The molecule has 0 saturated carbocycles. The first-order valence-corrected chi connectivity index (χ1v) is 11.0. The summed E-state index contributed by atoms with van der Waals surface area (Å²) in [5.74, 6) is 0.691. The summed E-state index contributed by atoms with van der Waals surface area (Å²) in [5, 5.41) is 19.9. The molecular formula is C20H27ClN6O2S3. The molecule has 174 valence electrons. The molecule has 12 heteroatoms. The van der Waals surface area contributed by atoms with Crippen LogP contribution in [0.25, 0.3) is 0 Å². The predicted octanol–water partition coefficient (Wildman–Crippen LogP) is 2.60. The molecule has 2 aliphatic heterocycles. The molecule has 0 radical (unpaired) electrons. The average molecular weight is 515 g/mol. The molecule has 2 aromatic rings. The van der Waals surface area contributed by atoms with Gasteiger partial charge in [-0.15, -0.1) is 0 Å². The van der Waals surface area contributed by atoms with Gasteiger partial charge in [-0.1, -0.05) is 23.4 Å². The van der Waals surface area contributed by atoms with Crippen molar-refractivity contribution in [2.24, 2.45) is 11.1 Å². The second-order valence-corrected chi connectivity index (χ2v) is 9.15. The fraction of sp³-hybridized carbons (Fsp3) is 0.500. The molecule has 2 aliphatic rings. The Morgan fingerprint density at radius 3 is 2.69 bits per heavy atom. The Morgan fingerprint density at radius 2 is 2.09 bits per heavy atom. The molecule has 0 aromatic carbocycles. The number of hydrogen-bond donors (Lipinski definition) is 2. The van der Waals surface area contributed by atoms with Crippen molar-refractivity contribution in [3.63, 3.8) is 0 Å². The van der Waals surface area contributed by atoms with Gasteiger partial charge in [-0.3, -0.25) is 0 Å². The number of pyridine rings is 1. The van der Waals surface area contributed by atoms with Crippen molar-refractivity contribution >= 4 is 56.2 Å². The Morgan fingerprint density at radius 1 is 1.38 bits per heavy atom. The van der Waals surface area contributed by atoms with Crippen molar-refractivity contribution in [2.45, 2.75) is 48.4 Å². The number of nitriles is 1. The highest BCUT2D eigenvalue weighted by atomic mass is 35.5. The van der Waals surface area contributed by atoms with Gasteiger partial charge in [0, 0.05) is 35.6 Å². The zero-order chi connectivity index (χ0) is 21.3. The number of hydrogen-bond acceptors (Lipinski definition) is 9. The third kappa shape index (κ3) is 5.12. The molecule has 2 atom stereocenters. The van der Waals surface area contributed by atoms with Gasteiger partial charge in [0.05, 0.1) is 30.5 Å². The van der Waals surface area contributed by atoms with Crippen LogP contribution in [0.4, 0.5) is 5.82 Å². The Bertz CT molecular complexity index is 984. The van der Waals surface area contributed by atoms with Crippen LogP contribution in [0.5, 0.6) is 0 Å². The van der Waals surface area contributed by atoms with E-state index in [1.54, 1.807) is 12.3 Å². The normalized spacial score (nSPS) is 21.5. The molecule has 0 unspecified atom stereocenters. The lowest BCUT2D eigenvalue weighted by atomic mass is 9.73. The van der Waals surface area contributed by atoms with Crippen LogP contribution in [0.3, 0.4) is 0 Å². The summed E-state index contributed by atoms with van der Waals surface area (Å²) < 4.78 is 5.79. The summed E-state index contributed by atoms with van der Waals surface area (Å²) in [6.07, 6.45) is 5.13. The van der Waals surface area contributed by atoms with Crippen LogP contribution in [-0.4, -0.2) is 51.9 Å². The number of halogens is 1. The summed E-state index contributed by atoms with van der Waals surface area (Å²) in [6, 6.07) is 3.73. The number of aromatic nitrogens is 3. The summed E-state index contributed by atoms with van der Waals surface area (Å²) in [6.45, 7) is 4.10. The van der Waals surface area contributed by atoms with E-state index in [9.17, 15) is 5.11 Å². The summed E-state index contributed by atoms with van der Waals surface area (Å²) in [4.78, 5) is 15.9. The maximum absolute atomic E-state index is 9.90. The molecule has 0 amide bonds. The van der Waals surface area contributed by atoms with Gasteiger partial charge in [-0.05, 0) is 25.8 Å². The van der Waals surface area contributed by atoms with Crippen LogP contribution in [0.15, 0.2) is 28.4 Å². The van der Waals surface area contributed by atoms with Gasteiger partial charge in [-0.25, -0.2) is 15.0 Å². The monoisotopic (exact) mass is 514 g/mol. The second-order valence-electron chi connectivity index (χ2n) is 7.71. The van der Waals surface area contributed by atoms with E-state index in [1.165, 1.54) is 18.0 Å². The summed E-state index contributed by atoms with van der Waals surface area (Å²) in [5.41, 5.74) is 7.11. The minimum atomic E-state index is -0.217. The third-order valence-electron chi connectivity index (χ3n) is 6.03. The quantitative estimate of drug-likeness (QED) is 0.633. The first-order chi connectivity index (χ1) is 14.5. The van der Waals surface area contributed by atoms with Crippen LogP contribution in [0.1, 0.15) is 31.2 Å². The summed E-state index contributed by atoms with van der Waals surface area (Å²) in [7, 11) is 0. The minimum Gasteiger partial charge on any atom is -0.390 e. The van der Waals surface area contributed by atoms with E-state index in [0.29, 0.717) is 28.0 Å². The van der Waals surface area contributed by atoms with Gasteiger partial charge in [0.2, 0.25) is 0 Å². The maximum Gasteiger partial charge on any atom is 0.160 e. The molecule has 4 rings (SSSR count). The topological polar surface area (TPSA) is 121 Å². The molecule has 0 bridgehead atoms. The molecule has 2 saturated heterocycles. The van der Waals surface area contributed by atoms with Crippen molar-refractivity contribution in [2.75, 3.05) is 24.6 Å². The average Bonchev–Trinajstić information content (AvgIpc) is 3.04. The zero-order valence-electron chi connectivity index (χ0n) is 17.6. The molecule has 2 aromatic heterocycles. The van der Waals surface area contributed by atoms with E-state index in [-0.39, 0.29) is 61.9 Å². The van der Waals surface area contributed by atoms with E-state index < -0.39 is 0 Å². The van der Waals surface area contributed by atoms with Crippen LogP contribution in [0, 0.1) is 16.7 Å². The van der Waals surface area contributed by atoms with Crippen molar-refractivity contribution in [1.29, 1.82) is 5.26 Å². The van der Waals surface area contributed by atoms with E-state index in [1.807, 2.05) is 13.0 Å². The lowest BCUT2D eigenvalue weighted by Gasteiger charge is -2.41. The molecule has 4 heterocycles. The van der Waals surface area contributed by atoms with Crippen molar-refractivity contribution in [3.05, 3.63) is 34.9 Å². The van der Waals surface area contributed by atoms with Crippen LogP contribution in [0.2, 0.25) is 5.02 Å². The maximum atomic E-state index is 9.90. The standard InChI is InChI=1S/C20H23ClN6O2S.2H2S/c1-12-18(23)20(11-29-12)3-6-27(7-4-20)19-14(10-28)26-16(9-25-19)30-15-2-5-24-13(8-22)17(15)21;;/h2,5,9,12,18,28H,3-4,6-7,10-11,23H2,1H3;2*1H2/t12-,18+;;/m0../s1. The SMILES string of the molecule is C[C@@H]1OCC2(CCN(c3ncc(Sc4ccnc(C#N)c4Cl)nc3CO)CC2)[C@@H]1N.S.S. The lowest BCUT2D eigenvalue weighted by molar-refractivity contribution is 0.0973. The highest BCUT2D eigenvalue weighted by Crippen LogP contribution is 2.42. The lowest BCUT2D eigenvalue weighted by Crippen LogP contribution is -2.51. The first-order valence-electron chi connectivity index (χ1n) is 9.79. The van der Waals surface area contributed by atoms with Crippen LogP contribution < -0.4 is 10.6 Å². The van der Waals surface area contributed by atoms with Crippen molar-refractivity contribution in [1.82, 2.24) is 15.0 Å². The van der Waals surface area contributed by atoms with Crippen molar-refractivity contribution < 1.29 is 9.84 Å². The Kier molecular flexibility index (Phi) is 9.48. The number of aliphatic hydroxyl groups excluding tert-OH is 1. The van der Waals surface area contributed by atoms with Gasteiger partial charge in [0.1, 0.15) is 16.8 Å². The van der Waals surface area contributed by atoms with Gasteiger partial charge >= 0.3 is 0 Å². The van der Waals surface area contributed by atoms with E-state index in [2.05, 4.69) is 19.9 Å². The highest BCUT2D eigenvalue weighted by molar-refractivity contribution is 7.99. The fourth-order valence-corrected chi connectivity index (χ4v) is 5.23. The minimum absolute atomic E-state index is 0. The molecular weight excluding hydrogens is 488 g/mol. The van der Waals surface area contributed by atoms with Crippen LogP contribution >= 0.6 is 50.4 Å². The van der Waals surface area contributed by atoms with E-state index >= 15 is 0 Å². The molecule has 32 heavy (non-hydrogen) atoms. The number of aliphatic hydroxyl groups is 1. The predicted molar refractivity (Wildman–Crippen MR) is 134 cm³/mol. The van der Waals surface area contributed by atoms with Crippen molar-refractivity contribution in [3.8, 4) is 6.07 Å². The number of nitrogens with two attached hydrogens (primary N) is 1. The molecule has 3 N–H and O–H groups in total. The Labute approximate surface area is 210 Å². The Hall–Kier alpha value is -1.26. The number of piperidine rings is 1. The number of ether oxygens (including phenoxy) is 1. The molecule has 0 aliphatic carbocycles. The number of anilines is 1. The summed E-state index contributed by atoms with van der Waals surface area (Å²) >= 11 is 7.52. The third-order valence-corrected chi connectivity index (χ3v) is 7.49. The fourth-order valence-electron chi connectivity index (χ4n) is 4.15. The zero-order valence-corrected chi connectivity index (χ0v) is 21.2. The molecule has 8 nitrogen and oxygen atoms in total. The number of nitrogens with zero attached hydrogens (tertiary/aromatic N) is 5. The Balaban J connectivity index is 0.00000181. The van der Waals surface area contributed by atoms with Gasteiger partial charge in [0.25, 0.3) is 0 Å². The molecule has 1 spiro atoms. The van der Waals surface area contributed by atoms with Crippen LogP contribution in [-0.2, 0) is 11.3 Å². The largest absolute Gasteiger partial charge is 0.390 e.